The van der Waals surface area contributed by atoms with Crippen LogP contribution in [0.25, 0.3) is 0 Å². The molecular weight excluding hydrogens is 318 g/mol. The highest BCUT2D eigenvalue weighted by Crippen LogP contribution is 2.34. The molecule has 2 aromatic rings. The van der Waals surface area contributed by atoms with Gasteiger partial charge >= 0.3 is 0 Å². The molecule has 0 bridgehead atoms. The number of anilines is 1. The van der Waals surface area contributed by atoms with Crippen LogP contribution >= 0.6 is 15.9 Å². The second kappa shape index (κ2) is 5.14. The summed E-state index contributed by atoms with van der Waals surface area (Å²) in [6.45, 7) is 3.81. The monoisotopic (exact) mass is 333 g/mol. The number of fused-ring (bicyclic) bond motifs is 1. The zero-order valence-corrected chi connectivity index (χ0v) is 13.0. The molecule has 2 N–H and O–H groups in total. The highest BCUT2D eigenvalue weighted by molar-refractivity contribution is 9.10. The predicted molar refractivity (Wildman–Crippen MR) is 81.7 cm³/mol. The molecule has 0 fully saturated rings. The molecule has 1 aliphatic rings. The van der Waals surface area contributed by atoms with Crippen LogP contribution in [0.1, 0.15) is 28.6 Å². The first-order valence-electron chi connectivity index (χ1n) is 6.59. The van der Waals surface area contributed by atoms with Gasteiger partial charge in [-0.1, -0.05) is 24.3 Å². The summed E-state index contributed by atoms with van der Waals surface area (Å²) in [5, 5.41) is 13.6. The fourth-order valence-electron chi connectivity index (χ4n) is 2.61. The average molecular weight is 334 g/mol. The maximum absolute atomic E-state index is 10.3. The number of halogens is 1. The predicted octanol–water partition coefficient (Wildman–Crippen LogP) is 2.93. The van der Waals surface area contributed by atoms with E-state index in [4.69, 9.17) is 0 Å². The van der Waals surface area contributed by atoms with Crippen LogP contribution < -0.4 is 5.32 Å². The van der Waals surface area contributed by atoms with E-state index in [1.165, 1.54) is 5.56 Å². The molecule has 1 aromatic heterocycles. The second-order valence-electron chi connectivity index (χ2n) is 5.13. The summed E-state index contributed by atoms with van der Waals surface area (Å²) < 4.78 is 0.757. The minimum atomic E-state index is -0.433. The molecule has 0 saturated heterocycles. The Morgan fingerprint density at radius 3 is 2.75 bits per heavy atom. The maximum Gasteiger partial charge on any atom is 0.148 e. The molecule has 1 aliphatic carbocycles. The van der Waals surface area contributed by atoms with Crippen molar-refractivity contribution < 1.29 is 5.11 Å². The van der Waals surface area contributed by atoms with Crippen LogP contribution in [0.3, 0.4) is 0 Å². The number of aromatic nitrogens is 2. The third-order valence-corrected chi connectivity index (χ3v) is 4.43. The lowest BCUT2D eigenvalue weighted by Gasteiger charge is -2.20. The molecule has 0 aliphatic heterocycles. The van der Waals surface area contributed by atoms with Gasteiger partial charge < -0.3 is 10.4 Å². The summed E-state index contributed by atoms with van der Waals surface area (Å²) in [5.74, 6) is 0.728. The average Bonchev–Trinajstić information content (AvgIpc) is 2.72. The van der Waals surface area contributed by atoms with Gasteiger partial charge in [0.05, 0.1) is 23.5 Å². The van der Waals surface area contributed by atoms with Crippen LogP contribution in [0.2, 0.25) is 0 Å². The fraction of sp³-hybridized carbons (Fsp3) is 0.333. The SMILES string of the molecule is Cc1nc(NC2c3ccccc3CC2O)c(C)nc1Br. The number of hydrogen-bond acceptors (Lipinski definition) is 4. The second-order valence-corrected chi connectivity index (χ2v) is 5.88. The topological polar surface area (TPSA) is 58.0 Å². The van der Waals surface area contributed by atoms with Crippen LogP contribution in [0.5, 0.6) is 0 Å². The number of aliphatic hydroxyl groups excluding tert-OH is 1. The smallest absolute Gasteiger partial charge is 0.148 e. The number of aryl methyl sites for hydroxylation is 2. The molecule has 3 rings (SSSR count). The quantitative estimate of drug-likeness (QED) is 0.887. The van der Waals surface area contributed by atoms with E-state index in [1.807, 2.05) is 26.0 Å². The minimum absolute atomic E-state index is 0.125. The van der Waals surface area contributed by atoms with Gasteiger partial charge in [0.25, 0.3) is 0 Å². The van der Waals surface area contributed by atoms with E-state index in [9.17, 15) is 5.11 Å². The molecule has 1 heterocycles. The Balaban J connectivity index is 1.94. The highest BCUT2D eigenvalue weighted by Gasteiger charge is 2.31. The summed E-state index contributed by atoms with van der Waals surface area (Å²) in [6, 6.07) is 7.99. The van der Waals surface area contributed by atoms with Gasteiger partial charge in [-0.05, 0) is 40.9 Å². The summed E-state index contributed by atoms with van der Waals surface area (Å²) in [6.07, 6.45) is 0.244. The molecule has 0 spiro atoms. The van der Waals surface area contributed by atoms with Crippen molar-refractivity contribution in [3.05, 3.63) is 51.4 Å². The van der Waals surface area contributed by atoms with E-state index < -0.39 is 6.10 Å². The molecule has 0 saturated carbocycles. The van der Waals surface area contributed by atoms with Crippen LogP contribution in [-0.2, 0) is 6.42 Å². The van der Waals surface area contributed by atoms with Gasteiger partial charge in [0.1, 0.15) is 10.4 Å². The van der Waals surface area contributed by atoms with Crippen LogP contribution in [0, 0.1) is 13.8 Å². The van der Waals surface area contributed by atoms with Crippen molar-refractivity contribution in [3.8, 4) is 0 Å². The molecule has 104 valence electrons. The van der Waals surface area contributed by atoms with Gasteiger partial charge in [-0.2, -0.15) is 0 Å². The van der Waals surface area contributed by atoms with Crippen molar-refractivity contribution in [2.24, 2.45) is 0 Å². The standard InChI is InChI=1S/C15H16BrN3O/c1-8-14(16)17-9(2)15(18-8)19-13-11-6-4-3-5-10(11)7-12(13)20/h3-6,12-13,20H,7H2,1-2H3,(H,18,19). The zero-order valence-electron chi connectivity index (χ0n) is 11.4. The lowest BCUT2D eigenvalue weighted by molar-refractivity contribution is 0.165. The first-order chi connectivity index (χ1) is 9.56. The van der Waals surface area contributed by atoms with E-state index in [0.29, 0.717) is 6.42 Å². The van der Waals surface area contributed by atoms with Gasteiger partial charge in [0.2, 0.25) is 0 Å². The lowest BCUT2D eigenvalue weighted by Crippen LogP contribution is -2.22. The van der Waals surface area contributed by atoms with Crippen molar-refractivity contribution >= 4 is 21.7 Å². The minimum Gasteiger partial charge on any atom is -0.390 e. The number of rotatable bonds is 2. The van der Waals surface area contributed by atoms with Gasteiger partial charge in [0, 0.05) is 6.42 Å². The van der Waals surface area contributed by atoms with Crippen molar-refractivity contribution in [1.29, 1.82) is 0 Å². The van der Waals surface area contributed by atoms with Crippen LogP contribution in [-0.4, -0.2) is 21.2 Å². The van der Waals surface area contributed by atoms with Gasteiger partial charge in [-0.25, -0.2) is 9.97 Å². The van der Waals surface area contributed by atoms with Crippen LogP contribution in [0.4, 0.5) is 5.82 Å². The third-order valence-electron chi connectivity index (χ3n) is 3.68. The lowest BCUT2D eigenvalue weighted by atomic mass is 10.1. The van der Waals surface area contributed by atoms with Crippen molar-refractivity contribution in [1.82, 2.24) is 9.97 Å². The Morgan fingerprint density at radius 2 is 1.95 bits per heavy atom. The fourth-order valence-corrected chi connectivity index (χ4v) is 2.96. The first-order valence-corrected chi connectivity index (χ1v) is 7.38. The summed E-state index contributed by atoms with van der Waals surface area (Å²) in [5.41, 5.74) is 3.98. The largest absolute Gasteiger partial charge is 0.390 e. The molecule has 0 amide bonds. The zero-order chi connectivity index (χ0) is 14.3. The number of hydrogen-bond donors (Lipinski definition) is 2. The van der Waals surface area contributed by atoms with E-state index in [2.05, 4.69) is 43.3 Å². The van der Waals surface area contributed by atoms with E-state index in [1.54, 1.807) is 0 Å². The van der Waals surface area contributed by atoms with Gasteiger partial charge in [-0.3, -0.25) is 0 Å². The summed E-state index contributed by atoms with van der Waals surface area (Å²) in [7, 11) is 0. The molecule has 20 heavy (non-hydrogen) atoms. The van der Waals surface area contributed by atoms with Gasteiger partial charge in [-0.15, -0.1) is 0 Å². The Kier molecular flexibility index (Phi) is 3.48. The van der Waals surface area contributed by atoms with Crippen molar-refractivity contribution in [2.75, 3.05) is 5.32 Å². The van der Waals surface area contributed by atoms with E-state index in [0.717, 1.165) is 27.4 Å². The molecule has 1 aromatic carbocycles. The third kappa shape index (κ3) is 2.31. The number of aliphatic hydroxyl groups is 1. The molecule has 2 unspecified atom stereocenters. The normalized spacial score (nSPS) is 20.8. The maximum atomic E-state index is 10.3. The van der Waals surface area contributed by atoms with Gasteiger partial charge in [0.15, 0.2) is 0 Å². The number of nitrogens with zero attached hydrogens (tertiary/aromatic N) is 2. The van der Waals surface area contributed by atoms with E-state index >= 15 is 0 Å². The molecule has 5 heteroatoms. The summed E-state index contributed by atoms with van der Waals surface area (Å²) >= 11 is 3.38. The molecule has 4 nitrogen and oxygen atoms in total. The Bertz CT molecular complexity index is 660. The molecule has 0 radical (unpaired) electrons. The van der Waals surface area contributed by atoms with Crippen LogP contribution in [0.15, 0.2) is 28.9 Å². The first kappa shape index (κ1) is 13.5. The van der Waals surface area contributed by atoms with Crippen molar-refractivity contribution in [2.45, 2.75) is 32.4 Å². The Hall–Kier alpha value is -1.46. The molecular formula is C15H16BrN3O. The number of benzene rings is 1. The Morgan fingerprint density at radius 1 is 1.20 bits per heavy atom. The number of nitrogens with one attached hydrogen (secondary N) is 1. The summed E-state index contributed by atoms with van der Waals surface area (Å²) in [4.78, 5) is 8.92. The van der Waals surface area contributed by atoms with Crippen molar-refractivity contribution in [3.63, 3.8) is 0 Å². The highest BCUT2D eigenvalue weighted by atomic mass is 79.9. The molecule has 2 atom stereocenters. The Labute approximate surface area is 126 Å². The van der Waals surface area contributed by atoms with E-state index in [-0.39, 0.29) is 6.04 Å².